The van der Waals surface area contributed by atoms with Crippen LogP contribution in [0.1, 0.15) is 60.4 Å². The Balaban J connectivity index is 1.67. The van der Waals surface area contributed by atoms with E-state index in [2.05, 4.69) is 18.9 Å². The number of ether oxygens (including phenoxy) is 1. The zero-order valence-electron chi connectivity index (χ0n) is 17.9. The third-order valence-electron chi connectivity index (χ3n) is 5.70. The van der Waals surface area contributed by atoms with Gasteiger partial charge in [-0.15, -0.1) is 0 Å². The Hall–Kier alpha value is -2.63. The molecule has 0 aliphatic carbocycles. The number of aromatic nitrogens is 2. The maximum atomic E-state index is 12.8. The quantitative estimate of drug-likeness (QED) is 0.695. The molecule has 1 saturated heterocycles. The fourth-order valence-electron chi connectivity index (χ4n) is 4.04. The zero-order chi connectivity index (χ0) is 21.0. The molecule has 1 aliphatic rings. The number of aryl methyl sites for hydroxylation is 1. The number of carbonyl (C=O) groups excluding carboxylic acids is 2. The van der Waals surface area contributed by atoms with Crippen LogP contribution in [-0.2, 0) is 16.0 Å². The molecule has 0 atom stereocenters. The second kappa shape index (κ2) is 9.25. The lowest BCUT2D eigenvalue weighted by atomic mass is 9.96. The summed E-state index contributed by atoms with van der Waals surface area (Å²) in [6.07, 6.45) is 3.44. The molecule has 1 aromatic carbocycles. The molecule has 6 heteroatoms. The van der Waals surface area contributed by atoms with Gasteiger partial charge in [0.15, 0.2) is 0 Å². The Kier molecular flexibility index (Phi) is 6.72. The van der Waals surface area contributed by atoms with Gasteiger partial charge in [-0.1, -0.05) is 13.3 Å². The average molecular weight is 398 g/mol. The third kappa shape index (κ3) is 4.52. The number of esters is 1. The van der Waals surface area contributed by atoms with E-state index in [4.69, 9.17) is 4.74 Å². The van der Waals surface area contributed by atoms with Crippen molar-refractivity contribution in [3.8, 4) is 5.69 Å². The van der Waals surface area contributed by atoms with E-state index in [9.17, 15) is 9.59 Å². The molecule has 0 saturated carbocycles. The van der Waals surface area contributed by atoms with E-state index in [0.717, 1.165) is 29.9 Å². The van der Waals surface area contributed by atoms with Crippen LogP contribution in [0.25, 0.3) is 5.69 Å². The van der Waals surface area contributed by atoms with E-state index < -0.39 is 0 Å². The van der Waals surface area contributed by atoms with Crippen LogP contribution < -0.4 is 0 Å². The number of benzene rings is 1. The first-order valence-electron chi connectivity index (χ1n) is 10.6. The van der Waals surface area contributed by atoms with Gasteiger partial charge in [0.2, 0.25) is 0 Å². The zero-order valence-corrected chi connectivity index (χ0v) is 17.9. The normalized spacial score (nSPS) is 14.8. The molecule has 3 rings (SSSR count). The van der Waals surface area contributed by atoms with E-state index in [-0.39, 0.29) is 17.8 Å². The van der Waals surface area contributed by atoms with Crippen molar-refractivity contribution in [3.63, 3.8) is 0 Å². The van der Waals surface area contributed by atoms with Crippen LogP contribution in [0.4, 0.5) is 0 Å². The van der Waals surface area contributed by atoms with Crippen molar-refractivity contribution in [3.05, 3.63) is 46.8 Å². The van der Waals surface area contributed by atoms with Gasteiger partial charge >= 0.3 is 5.97 Å². The lowest BCUT2D eigenvalue weighted by molar-refractivity contribution is -0.149. The predicted molar refractivity (Wildman–Crippen MR) is 112 cm³/mol. The second-order valence-electron chi connectivity index (χ2n) is 7.68. The van der Waals surface area contributed by atoms with Crippen molar-refractivity contribution in [2.24, 2.45) is 5.92 Å². The van der Waals surface area contributed by atoms with E-state index in [1.165, 1.54) is 5.56 Å². The standard InChI is InChI=1S/C23H31N3O3/c1-5-7-21-16(3)24-26(17(21)4)20-10-8-18(9-11-20)22(27)25-14-12-19(13-15-25)23(28)29-6-2/h8-11,19H,5-7,12-15H2,1-4H3. The first-order valence-corrected chi connectivity index (χ1v) is 10.6. The topological polar surface area (TPSA) is 64.4 Å². The largest absolute Gasteiger partial charge is 0.466 e. The Morgan fingerprint density at radius 2 is 1.76 bits per heavy atom. The molecule has 1 fully saturated rings. The molecule has 156 valence electrons. The maximum Gasteiger partial charge on any atom is 0.309 e. The molecule has 1 aromatic heterocycles. The molecule has 2 heterocycles. The predicted octanol–water partition coefficient (Wildman–Crippen LogP) is 3.86. The van der Waals surface area contributed by atoms with Gasteiger partial charge in [0, 0.05) is 24.3 Å². The highest BCUT2D eigenvalue weighted by molar-refractivity contribution is 5.94. The minimum atomic E-state index is -0.142. The van der Waals surface area contributed by atoms with Gasteiger partial charge in [0.05, 0.1) is 23.9 Å². The fourth-order valence-corrected chi connectivity index (χ4v) is 4.04. The van der Waals surface area contributed by atoms with Crippen LogP contribution in [0.3, 0.4) is 0 Å². The number of hydrogen-bond donors (Lipinski definition) is 0. The van der Waals surface area contributed by atoms with Gasteiger partial charge in [0.25, 0.3) is 5.91 Å². The Morgan fingerprint density at radius 1 is 1.10 bits per heavy atom. The number of carbonyl (C=O) groups is 2. The van der Waals surface area contributed by atoms with Gasteiger partial charge < -0.3 is 9.64 Å². The highest BCUT2D eigenvalue weighted by atomic mass is 16.5. The number of hydrogen-bond acceptors (Lipinski definition) is 4. The van der Waals surface area contributed by atoms with Crippen molar-refractivity contribution >= 4 is 11.9 Å². The first-order chi connectivity index (χ1) is 14.0. The van der Waals surface area contributed by atoms with Crippen LogP contribution in [0.2, 0.25) is 0 Å². The summed E-state index contributed by atoms with van der Waals surface area (Å²) in [4.78, 5) is 26.6. The van der Waals surface area contributed by atoms with Gasteiger partial charge in [-0.3, -0.25) is 9.59 Å². The van der Waals surface area contributed by atoms with E-state index in [1.807, 2.05) is 47.7 Å². The molecule has 0 radical (unpaired) electrons. The number of likely N-dealkylation sites (tertiary alicyclic amines) is 1. The molecular weight excluding hydrogens is 366 g/mol. The summed E-state index contributed by atoms with van der Waals surface area (Å²) in [7, 11) is 0. The Bertz CT molecular complexity index is 862. The van der Waals surface area contributed by atoms with Crippen molar-refractivity contribution < 1.29 is 14.3 Å². The summed E-state index contributed by atoms with van der Waals surface area (Å²) in [5.41, 5.74) is 5.15. The molecule has 1 aliphatic heterocycles. The highest BCUT2D eigenvalue weighted by Gasteiger charge is 2.28. The summed E-state index contributed by atoms with van der Waals surface area (Å²) < 4.78 is 7.06. The van der Waals surface area contributed by atoms with E-state index in [1.54, 1.807) is 0 Å². The lowest BCUT2D eigenvalue weighted by Crippen LogP contribution is -2.40. The first kappa shape index (κ1) is 21.1. The summed E-state index contributed by atoms with van der Waals surface area (Å²) >= 11 is 0. The van der Waals surface area contributed by atoms with Crippen molar-refractivity contribution in [2.45, 2.75) is 53.4 Å². The van der Waals surface area contributed by atoms with Crippen LogP contribution >= 0.6 is 0 Å². The molecular formula is C23H31N3O3. The third-order valence-corrected chi connectivity index (χ3v) is 5.70. The number of piperidine rings is 1. The maximum absolute atomic E-state index is 12.8. The molecule has 0 spiro atoms. The summed E-state index contributed by atoms with van der Waals surface area (Å²) in [5, 5.41) is 4.68. The Morgan fingerprint density at radius 3 is 2.34 bits per heavy atom. The molecule has 29 heavy (non-hydrogen) atoms. The minimum absolute atomic E-state index is 0.0129. The Labute approximate surface area is 172 Å². The van der Waals surface area contributed by atoms with Gasteiger partial charge in [-0.05, 0) is 69.9 Å². The van der Waals surface area contributed by atoms with Crippen molar-refractivity contribution in [2.75, 3.05) is 19.7 Å². The average Bonchev–Trinajstić information content (AvgIpc) is 3.02. The molecule has 0 unspecified atom stereocenters. The van der Waals surface area contributed by atoms with E-state index in [0.29, 0.717) is 38.1 Å². The number of rotatable bonds is 6. The minimum Gasteiger partial charge on any atom is -0.466 e. The van der Waals surface area contributed by atoms with Crippen LogP contribution in [0, 0.1) is 19.8 Å². The molecule has 2 aromatic rings. The molecule has 1 amide bonds. The molecule has 0 N–H and O–H groups in total. The van der Waals surface area contributed by atoms with Crippen molar-refractivity contribution in [1.29, 1.82) is 0 Å². The van der Waals surface area contributed by atoms with Crippen LogP contribution in [0.5, 0.6) is 0 Å². The lowest BCUT2D eigenvalue weighted by Gasteiger charge is -2.31. The SMILES string of the molecule is CCCc1c(C)nn(-c2ccc(C(=O)N3CCC(C(=O)OCC)CC3)cc2)c1C. The van der Waals surface area contributed by atoms with Gasteiger partial charge in [-0.25, -0.2) is 4.68 Å². The van der Waals surface area contributed by atoms with Crippen LogP contribution in [0.15, 0.2) is 24.3 Å². The monoisotopic (exact) mass is 397 g/mol. The summed E-state index contributed by atoms with van der Waals surface area (Å²) in [6, 6.07) is 7.64. The fraction of sp³-hybridized carbons (Fsp3) is 0.522. The number of amides is 1. The van der Waals surface area contributed by atoms with Crippen molar-refractivity contribution in [1.82, 2.24) is 14.7 Å². The summed E-state index contributed by atoms with van der Waals surface area (Å²) in [6.45, 7) is 9.70. The smallest absolute Gasteiger partial charge is 0.309 e. The molecule has 0 bridgehead atoms. The number of nitrogens with zero attached hydrogens (tertiary/aromatic N) is 3. The van der Waals surface area contributed by atoms with Gasteiger partial charge in [-0.2, -0.15) is 5.10 Å². The van der Waals surface area contributed by atoms with Gasteiger partial charge in [0.1, 0.15) is 0 Å². The second-order valence-corrected chi connectivity index (χ2v) is 7.68. The van der Waals surface area contributed by atoms with E-state index >= 15 is 0 Å². The highest BCUT2D eigenvalue weighted by Crippen LogP contribution is 2.22. The van der Waals surface area contributed by atoms with Crippen LogP contribution in [-0.4, -0.2) is 46.3 Å². The summed E-state index contributed by atoms with van der Waals surface area (Å²) in [5.74, 6) is -0.222. The molecule has 6 nitrogen and oxygen atoms in total.